The van der Waals surface area contributed by atoms with Crippen LogP contribution in [-0.4, -0.2) is 27.5 Å². The molecule has 2 heterocycles. The molecule has 1 aliphatic heterocycles. The highest BCUT2D eigenvalue weighted by Crippen LogP contribution is 2.32. The number of hydrogen-bond acceptors (Lipinski definition) is 3. The van der Waals surface area contributed by atoms with Crippen LogP contribution in [0, 0.1) is 0 Å². The molecule has 1 N–H and O–H groups in total. The van der Waals surface area contributed by atoms with Gasteiger partial charge < -0.3 is 5.11 Å². The predicted octanol–water partition coefficient (Wildman–Crippen LogP) is 3.03. The molecule has 3 rings (SSSR count). The Hall–Kier alpha value is -1.72. The van der Waals surface area contributed by atoms with Crippen molar-refractivity contribution in [2.45, 2.75) is 19.0 Å². The van der Waals surface area contributed by atoms with E-state index in [9.17, 15) is 9.90 Å². The first-order valence-electron chi connectivity index (χ1n) is 6.80. The largest absolute Gasteiger partial charge is 0.480 e. The third-order valence-electron chi connectivity index (χ3n) is 3.76. The Bertz CT molecular complexity index is 661. The van der Waals surface area contributed by atoms with E-state index < -0.39 is 12.0 Å². The van der Waals surface area contributed by atoms with Crippen LogP contribution in [0.15, 0.2) is 47.1 Å². The van der Waals surface area contributed by atoms with Gasteiger partial charge in [-0.25, -0.2) is 0 Å². The van der Waals surface area contributed by atoms with Gasteiger partial charge in [-0.1, -0.05) is 28.1 Å². The number of pyridine rings is 1. The van der Waals surface area contributed by atoms with Crippen LogP contribution in [0.3, 0.4) is 0 Å². The van der Waals surface area contributed by atoms with Gasteiger partial charge in [0, 0.05) is 23.8 Å². The van der Waals surface area contributed by atoms with Crippen molar-refractivity contribution in [2.75, 3.05) is 6.54 Å². The molecule has 108 valence electrons. The number of benzene rings is 1. The Morgan fingerprint density at radius 1 is 1.38 bits per heavy atom. The monoisotopic (exact) mass is 346 g/mol. The summed E-state index contributed by atoms with van der Waals surface area (Å²) in [6.07, 6.45) is 2.60. The summed E-state index contributed by atoms with van der Waals surface area (Å²) in [6.45, 7) is 1.27. The second kappa shape index (κ2) is 5.95. The third kappa shape index (κ3) is 2.99. The molecule has 4 nitrogen and oxygen atoms in total. The fourth-order valence-corrected chi connectivity index (χ4v) is 3.18. The summed E-state index contributed by atoms with van der Waals surface area (Å²) < 4.78 is 0.909. The fourth-order valence-electron chi connectivity index (χ4n) is 2.80. The van der Waals surface area contributed by atoms with Crippen molar-refractivity contribution in [3.63, 3.8) is 0 Å². The smallest absolute Gasteiger partial charge is 0.325 e. The molecule has 1 aromatic carbocycles. The van der Waals surface area contributed by atoms with Gasteiger partial charge >= 0.3 is 5.97 Å². The van der Waals surface area contributed by atoms with Crippen LogP contribution in [0.5, 0.6) is 0 Å². The van der Waals surface area contributed by atoms with Crippen molar-refractivity contribution in [1.82, 2.24) is 9.88 Å². The zero-order chi connectivity index (χ0) is 14.8. The molecule has 0 saturated heterocycles. The molecule has 1 aromatic heterocycles. The maximum Gasteiger partial charge on any atom is 0.325 e. The second-order valence-corrected chi connectivity index (χ2v) is 6.04. The molecule has 2 aromatic rings. The van der Waals surface area contributed by atoms with Gasteiger partial charge in [0.05, 0.1) is 5.69 Å². The van der Waals surface area contributed by atoms with Crippen molar-refractivity contribution in [2.24, 2.45) is 0 Å². The second-order valence-electron chi connectivity index (χ2n) is 5.13. The van der Waals surface area contributed by atoms with Gasteiger partial charge in [-0.15, -0.1) is 0 Å². The molecule has 5 heteroatoms. The summed E-state index contributed by atoms with van der Waals surface area (Å²) in [5.41, 5.74) is 2.88. The first-order valence-corrected chi connectivity index (χ1v) is 7.59. The number of aliphatic carboxylic acids is 1. The number of aromatic nitrogens is 1. The molecule has 0 amide bonds. The summed E-state index contributed by atoms with van der Waals surface area (Å²) in [4.78, 5) is 18.0. The third-order valence-corrected chi connectivity index (χ3v) is 4.25. The van der Waals surface area contributed by atoms with Gasteiger partial charge in [0.2, 0.25) is 0 Å². The number of nitrogens with zero attached hydrogens (tertiary/aromatic N) is 2. The molecular weight excluding hydrogens is 332 g/mol. The summed E-state index contributed by atoms with van der Waals surface area (Å²) >= 11 is 3.43. The van der Waals surface area contributed by atoms with E-state index >= 15 is 0 Å². The van der Waals surface area contributed by atoms with Crippen LogP contribution < -0.4 is 0 Å². The number of carboxylic acid groups (broad SMARTS) is 1. The molecule has 0 fully saturated rings. The van der Waals surface area contributed by atoms with Crippen molar-refractivity contribution in [1.29, 1.82) is 0 Å². The molecule has 21 heavy (non-hydrogen) atoms. The Morgan fingerprint density at radius 2 is 2.24 bits per heavy atom. The number of rotatable bonds is 3. The average Bonchev–Trinajstić information content (AvgIpc) is 2.47. The Labute approximate surface area is 131 Å². The minimum Gasteiger partial charge on any atom is -0.480 e. The van der Waals surface area contributed by atoms with Gasteiger partial charge in [-0.05, 0) is 41.8 Å². The van der Waals surface area contributed by atoms with Crippen molar-refractivity contribution < 1.29 is 9.90 Å². The van der Waals surface area contributed by atoms with Gasteiger partial charge in [-0.2, -0.15) is 0 Å². The summed E-state index contributed by atoms with van der Waals surface area (Å²) in [6, 6.07) is 11.0. The van der Waals surface area contributed by atoms with E-state index in [1.54, 1.807) is 6.20 Å². The standard InChI is InChI=1S/C16H15BrN2O2/c17-12-5-4-11-6-8-19(10-13-3-1-2-7-18-13)15(16(20)21)14(11)9-12/h1-5,7,9,15H,6,8,10H2,(H,20,21). The van der Waals surface area contributed by atoms with Crippen LogP contribution >= 0.6 is 15.9 Å². The zero-order valence-electron chi connectivity index (χ0n) is 11.4. The topological polar surface area (TPSA) is 53.4 Å². The van der Waals surface area contributed by atoms with E-state index in [2.05, 4.69) is 20.9 Å². The summed E-state index contributed by atoms with van der Waals surface area (Å²) in [5.74, 6) is -0.815. The minimum absolute atomic E-state index is 0.545. The zero-order valence-corrected chi connectivity index (χ0v) is 13.0. The quantitative estimate of drug-likeness (QED) is 0.927. The number of hydrogen-bond donors (Lipinski definition) is 1. The Morgan fingerprint density at radius 3 is 2.95 bits per heavy atom. The molecule has 0 radical (unpaired) electrons. The lowest BCUT2D eigenvalue weighted by Gasteiger charge is -2.34. The first kappa shape index (κ1) is 14.2. The molecular formula is C16H15BrN2O2. The molecule has 0 spiro atoms. The van der Waals surface area contributed by atoms with Crippen molar-refractivity contribution in [3.05, 3.63) is 63.9 Å². The lowest BCUT2D eigenvalue weighted by molar-refractivity contribution is -0.144. The fraction of sp³-hybridized carbons (Fsp3) is 0.250. The number of carboxylic acids is 1. The van der Waals surface area contributed by atoms with Crippen LogP contribution in [0.1, 0.15) is 22.9 Å². The van der Waals surface area contributed by atoms with Gasteiger partial charge in [0.1, 0.15) is 6.04 Å². The minimum atomic E-state index is -0.815. The normalized spacial score (nSPS) is 18.2. The lowest BCUT2D eigenvalue weighted by atomic mass is 9.92. The highest BCUT2D eigenvalue weighted by Gasteiger charge is 2.33. The summed E-state index contributed by atoms with van der Waals surface area (Å²) in [7, 11) is 0. The number of carbonyl (C=O) groups is 1. The maximum atomic E-state index is 11.8. The van der Waals surface area contributed by atoms with Crippen LogP contribution in [0.2, 0.25) is 0 Å². The van der Waals surface area contributed by atoms with Crippen LogP contribution in [0.25, 0.3) is 0 Å². The van der Waals surface area contributed by atoms with E-state index in [1.165, 1.54) is 0 Å². The first-order chi connectivity index (χ1) is 10.1. The van der Waals surface area contributed by atoms with Crippen molar-refractivity contribution >= 4 is 21.9 Å². The van der Waals surface area contributed by atoms with E-state index in [1.807, 2.05) is 41.3 Å². The van der Waals surface area contributed by atoms with Gasteiger partial charge in [-0.3, -0.25) is 14.7 Å². The molecule has 0 bridgehead atoms. The van der Waals surface area contributed by atoms with Crippen LogP contribution in [0.4, 0.5) is 0 Å². The van der Waals surface area contributed by atoms with E-state index in [0.717, 1.165) is 34.3 Å². The predicted molar refractivity (Wildman–Crippen MR) is 82.9 cm³/mol. The van der Waals surface area contributed by atoms with E-state index in [4.69, 9.17) is 0 Å². The number of fused-ring (bicyclic) bond motifs is 1. The highest BCUT2D eigenvalue weighted by molar-refractivity contribution is 9.10. The highest BCUT2D eigenvalue weighted by atomic mass is 79.9. The number of halogens is 1. The van der Waals surface area contributed by atoms with E-state index in [0.29, 0.717) is 6.54 Å². The van der Waals surface area contributed by atoms with Gasteiger partial charge in [0.25, 0.3) is 0 Å². The lowest BCUT2D eigenvalue weighted by Crippen LogP contribution is -2.39. The van der Waals surface area contributed by atoms with E-state index in [-0.39, 0.29) is 0 Å². The maximum absolute atomic E-state index is 11.8. The molecule has 1 unspecified atom stereocenters. The average molecular weight is 347 g/mol. The Kier molecular flexibility index (Phi) is 4.03. The SMILES string of the molecule is O=C(O)C1c2cc(Br)ccc2CCN1Cc1ccccn1. The molecule has 1 atom stereocenters. The summed E-state index contributed by atoms with van der Waals surface area (Å²) in [5, 5.41) is 9.65. The van der Waals surface area contributed by atoms with Gasteiger partial charge in [0.15, 0.2) is 0 Å². The molecule has 0 saturated carbocycles. The Balaban J connectivity index is 1.94. The van der Waals surface area contributed by atoms with Crippen molar-refractivity contribution in [3.8, 4) is 0 Å². The van der Waals surface area contributed by atoms with Crippen LogP contribution in [-0.2, 0) is 17.8 Å². The molecule has 0 aliphatic carbocycles. The molecule has 1 aliphatic rings.